The second-order valence-electron chi connectivity index (χ2n) is 17.2. The minimum atomic E-state index is -0.973. The zero-order valence-corrected chi connectivity index (χ0v) is 34.0. The Morgan fingerprint density at radius 3 is 2.12 bits per heavy atom. The third-order valence-corrected chi connectivity index (χ3v) is 14.0. The van der Waals surface area contributed by atoms with Gasteiger partial charge in [0, 0.05) is 106 Å². The molecule has 5 saturated heterocycles. The van der Waals surface area contributed by atoms with Crippen LogP contribution in [0.25, 0.3) is 4.85 Å². The summed E-state index contributed by atoms with van der Waals surface area (Å²) in [6.07, 6.45) is 5.57. The van der Waals surface area contributed by atoms with Gasteiger partial charge in [0.2, 0.25) is 17.5 Å². The molecule has 3 aromatic carbocycles. The Morgan fingerprint density at radius 1 is 0.746 bits per heavy atom. The molecule has 3 aromatic rings. The van der Waals surface area contributed by atoms with Gasteiger partial charge in [-0.2, -0.15) is 0 Å². The molecule has 6 aliphatic heterocycles. The van der Waals surface area contributed by atoms with Crippen LogP contribution in [0.5, 0.6) is 0 Å². The lowest BCUT2D eigenvalue weighted by Crippen LogP contribution is -2.54. The van der Waals surface area contributed by atoms with Crippen LogP contribution >= 0.6 is 11.6 Å². The minimum Gasteiger partial charge on any atom is -0.371 e. The number of nitrogens with zero attached hydrogens (tertiary/aromatic N) is 7. The first-order chi connectivity index (χ1) is 28.6. The molecular weight excluding hydrogens is 768 g/mol. The number of piperidine rings is 3. The lowest BCUT2D eigenvalue weighted by molar-refractivity contribution is -0.136. The summed E-state index contributed by atoms with van der Waals surface area (Å²) >= 11 is 6.36. The second kappa shape index (κ2) is 16.0. The Morgan fingerprint density at radius 2 is 1.41 bits per heavy atom. The molecule has 0 aromatic heterocycles. The predicted octanol–water partition coefficient (Wildman–Crippen LogP) is 5.46. The standard InChI is InChI=1S/C45H49ClN8O5/c1-47-38-8-6-34(27-37(38)46)53-20-15-45(29-53)13-18-51(19-14-45)32-4-2-3-31(25-32)42(57)52-23-21-49(22-24-52)28-30-11-16-50(17-12-30)33-5-7-35-36(26-33)44(59)54(43(35)58)39-9-10-40(55)48-41(39)56/h2-8,25-27,30,39H,9-24,28-29H2,(H,48,55,56). The summed E-state index contributed by atoms with van der Waals surface area (Å²) in [6.45, 7) is 16.9. The summed E-state index contributed by atoms with van der Waals surface area (Å²) < 4.78 is 0. The molecule has 6 heterocycles. The molecule has 6 aliphatic rings. The average Bonchev–Trinajstić information content (AvgIpc) is 3.78. The topological polar surface area (TPSA) is 121 Å². The van der Waals surface area contributed by atoms with Crippen LogP contribution in [-0.2, 0) is 9.59 Å². The summed E-state index contributed by atoms with van der Waals surface area (Å²) in [5.74, 6) is -1.35. The summed E-state index contributed by atoms with van der Waals surface area (Å²) in [5.41, 5.74) is 5.20. The molecule has 9 rings (SSSR count). The van der Waals surface area contributed by atoms with Gasteiger partial charge >= 0.3 is 0 Å². The third kappa shape index (κ3) is 7.64. The maximum absolute atomic E-state index is 13.8. The number of carbonyl (C=O) groups excluding carboxylic acids is 5. The van der Waals surface area contributed by atoms with E-state index in [2.05, 4.69) is 41.9 Å². The number of piperazine rings is 1. The van der Waals surface area contributed by atoms with Crippen molar-refractivity contribution < 1.29 is 24.0 Å². The molecule has 1 atom stereocenters. The van der Waals surface area contributed by atoms with E-state index in [-0.39, 0.29) is 24.2 Å². The first kappa shape index (κ1) is 39.0. The maximum Gasteiger partial charge on any atom is 0.262 e. The minimum absolute atomic E-state index is 0.0924. The summed E-state index contributed by atoms with van der Waals surface area (Å²) in [7, 11) is 0. The largest absolute Gasteiger partial charge is 0.371 e. The Balaban J connectivity index is 0.729. The molecule has 13 nitrogen and oxygen atoms in total. The fraction of sp³-hybridized carbons (Fsp3) is 0.467. The Kier molecular flexibility index (Phi) is 10.6. The van der Waals surface area contributed by atoms with Crippen molar-refractivity contribution in [2.45, 2.75) is 51.0 Å². The van der Waals surface area contributed by atoms with Gasteiger partial charge in [-0.15, -0.1) is 0 Å². The van der Waals surface area contributed by atoms with Crippen molar-refractivity contribution >= 4 is 63.9 Å². The zero-order valence-electron chi connectivity index (χ0n) is 33.2. The summed E-state index contributed by atoms with van der Waals surface area (Å²) in [5, 5.41) is 2.76. The van der Waals surface area contributed by atoms with Crippen molar-refractivity contribution in [3.05, 3.63) is 93.8 Å². The van der Waals surface area contributed by atoms with Crippen molar-refractivity contribution in [2.24, 2.45) is 11.3 Å². The number of anilines is 3. The SMILES string of the molecule is [C-]#[N+]c1ccc(N2CCC3(CCN(c4cccc(C(=O)N5CCN(CC6CCN(c7ccc8c(c7)C(=O)N(C7CCC(=O)NC7=O)C8=O)CC6)CC5)c4)CC3)C2)cc1Cl. The molecule has 0 bridgehead atoms. The number of benzene rings is 3. The lowest BCUT2D eigenvalue weighted by Gasteiger charge is -2.41. The van der Waals surface area contributed by atoms with E-state index in [9.17, 15) is 24.0 Å². The van der Waals surface area contributed by atoms with Crippen molar-refractivity contribution in [1.82, 2.24) is 20.0 Å². The highest BCUT2D eigenvalue weighted by Gasteiger charge is 2.45. The zero-order chi connectivity index (χ0) is 40.8. The van der Waals surface area contributed by atoms with Gasteiger partial charge in [-0.05, 0) is 98.4 Å². The van der Waals surface area contributed by atoms with E-state index in [0.29, 0.717) is 40.8 Å². The molecule has 0 saturated carbocycles. The van der Waals surface area contributed by atoms with E-state index in [1.54, 1.807) is 12.1 Å². The Bertz CT molecular complexity index is 2230. The van der Waals surface area contributed by atoms with E-state index < -0.39 is 29.7 Å². The fourth-order valence-corrected chi connectivity index (χ4v) is 10.3. The number of halogens is 1. The molecule has 0 aliphatic carbocycles. The molecule has 5 fully saturated rings. The van der Waals surface area contributed by atoms with Gasteiger partial charge < -0.3 is 19.6 Å². The Labute approximate surface area is 349 Å². The fourth-order valence-electron chi connectivity index (χ4n) is 10.1. The number of amides is 5. The monoisotopic (exact) mass is 816 g/mol. The van der Waals surface area contributed by atoms with Crippen LogP contribution in [0.4, 0.5) is 22.7 Å². The van der Waals surface area contributed by atoms with E-state index in [1.807, 2.05) is 41.3 Å². The summed E-state index contributed by atoms with van der Waals surface area (Å²) in [6, 6.07) is 18.3. The molecule has 59 heavy (non-hydrogen) atoms. The molecule has 14 heteroatoms. The highest BCUT2D eigenvalue weighted by Crippen LogP contribution is 2.44. The van der Waals surface area contributed by atoms with Crippen molar-refractivity contribution in [3.8, 4) is 0 Å². The number of nitrogens with one attached hydrogen (secondary N) is 1. The van der Waals surface area contributed by atoms with Crippen LogP contribution in [0, 0.1) is 17.9 Å². The number of hydrogen-bond donors (Lipinski definition) is 1. The molecule has 1 spiro atoms. The van der Waals surface area contributed by atoms with Gasteiger partial charge in [0.15, 0.2) is 0 Å². The smallest absolute Gasteiger partial charge is 0.262 e. The third-order valence-electron chi connectivity index (χ3n) is 13.7. The molecule has 1 unspecified atom stereocenters. The average molecular weight is 817 g/mol. The van der Waals surface area contributed by atoms with Crippen LogP contribution < -0.4 is 20.0 Å². The van der Waals surface area contributed by atoms with Gasteiger partial charge in [-0.3, -0.25) is 39.1 Å². The van der Waals surface area contributed by atoms with Crippen LogP contribution in [0.3, 0.4) is 0 Å². The Hall–Kier alpha value is -5.45. The van der Waals surface area contributed by atoms with Crippen molar-refractivity contribution in [1.29, 1.82) is 0 Å². The molecule has 1 N–H and O–H groups in total. The number of hydrogen-bond acceptors (Lipinski definition) is 9. The van der Waals surface area contributed by atoms with Crippen molar-refractivity contribution in [2.75, 3.05) is 86.7 Å². The number of imide groups is 2. The van der Waals surface area contributed by atoms with E-state index >= 15 is 0 Å². The first-order valence-electron chi connectivity index (χ1n) is 21.0. The maximum atomic E-state index is 13.8. The molecular formula is C45H49ClN8O5. The number of rotatable bonds is 7. The second-order valence-corrected chi connectivity index (χ2v) is 17.6. The normalized spacial score (nSPS) is 22.6. The highest BCUT2D eigenvalue weighted by molar-refractivity contribution is 6.33. The van der Waals surface area contributed by atoms with E-state index in [1.165, 1.54) is 0 Å². The summed E-state index contributed by atoms with van der Waals surface area (Å²) in [4.78, 5) is 80.4. The number of fused-ring (bicyclic) bond motifs is 1. The first-order valence-corrected chi connectivity index (χ1v) is 21.3. The number of carbonyl (C=O) groups is 5. The van der Waals surface area contributed by atoms with Crippen LogP contribution in [-0.4, -0.2) is 122 Å². The molecule has 0 radical (unpaired) electrons. The van der Waals surface area contributed by atoms with Crippen LogP contribution in [0.15, 0.2) is 60.7 Å². The van der Waals surface area contributed by atoms with Gasteiger partial charge in [0.1, 0.15) is 6.04 Å². The van der Waals surface area contributed by atoms with Gasteiger partial charge in [0.25, 0.3) is 17.7 Å². The lowest BCUT2D eigenvalue weighted by atomic mass is 9.77. The molecule has 5 amide bonds. The molecule has 306 valence electrons. The van der Waals surface area contributed by atoms with Crippen LogP contribution in [0.2, 0.25) is 5.02 Å². The quantitative estimate of drug-likeness (QED) is 0.245. The van der Waals surface area contributed by atoms with Crippen molar-refractivity contribution in [3.63, 3.8) is 0 Å². The van der Waals surface area contributed by atoms with E-state index in [0.717, 1.165) is 119 Å². The van der Waals surface area contributed by atoms with Gasteiger partial charge in [-0.25, -0.2) is 4.85 Å². The predicted molar refractivity (Wildman–Crippen MR) is 225 cm³/mol. The van der Waals surface area contributed by atoms with Gasteiger partial charge in [0.05, 0.1) is 17.7 Å². The van der Waals surface area contributed by atoms with E-state index in [4.69, 9.17) is 18.2 Å². The van der Waals surface area contributed by atoms with Gasteiger partial charge in [-0.1, -0.05) is 23.7 Å². The highest BCUT2D eigenvalue weighted by atomic mass is 35.5. The van der Waals surface area contributed by atoms with Crippen LogP contribution in [0.1, 0.15) is 76.0 Å².